The Morgan fingerprint density at radius 1 is 1.05 bits per heavy atom. The second kappa shape index (κ2) is 6.86. The lowest BCUT2D eigenvalue weighted by Gasteiger charge is -2.20. The lowest BCUT2D eigenvalue weighted by molar-refractivity contribution is 0.231. The highest BCUT2D eigenvalue weighted by Gasteiger charge is 2.09. The topological polar surface area (TPSA) is 21.3 Å². The van der Waals surface area contributed by atoms with E-state index in [4.69, 9.17) is 16.3 Å². The third kappa shape index (κ3) is 3.92. The average molecular weight is 304 g/mol. The van der Waals surface area contributed by atoms with Gasteiger partial charge in [0.25, 0.3) is 0 Å². The number of ether oxygens (including phenoxy) is 1. The Hall–Kier alpha value is -1.67. The molecule has 1 N–H and O–H groups in total. The maximum atomic E-state index is 6.13. The predicted octanol–water partition coefficient (Wildman–Crippen LogP) is 5.14. The molecule has 2 aromatic carbocycles. The summed E-state index contributed by atoms with van der Waals surface area (Å²) in [5.41, 5.74) is 4.46. The molecule has 0 heterocycles. The summed E-state index contributed by atoms with van der Waals surface area (Å²) in [5, 5.41) is 4.18. The van der Waals surface area contributed by atoms with Crippen molar-refractivity contribution in [3.63, 3.8) is 0 Å². The van der Waals surface area contributed by atoms with Crippen molar-refractivity contribution in [2.75, 3.05) is 11.9 Å². The highest BCUT2D eigenvalue weighted by atomic mass is 35.5. The van der Waals surface area contributed by atoms with Gasteiger partial charge in [0.05, 0.1) is 6.54 Å². The van der Waals surface area contributed by atoms with Gasteiger partial charge in [0.15, 0.2) is 0 Å². The molecule has 1 unspecified atom stereocenters. The molecule has 1 atom stereocenters. The van der Waals surface area contributed by atoms with Crippen molar-refractivity contribution < 1.29 is 4.74 Å². The van der Waals surface area contributed by atoms with Crippen molar-refractivity contribution in [3.05, 3.63) is 58.1 Å². The second-order valence-electron chi connectivity index (χ2n) is 5.44. The summed E-state index contributed by atoms with van der Waals surface area (Å²) in [4.78, 5) is 0. The fourth-order valence-corrected chi connectivity index (χ4v) is 2.46. The van der Waals surface area contributed by atoms with E-state index in [1.54, 1.807) is 0 Å². The molecule has 2 aromatic rings. The van der Waals surface area contributed by atoms with Gasteiger partial charge in [-0.1, -0.05) is 35.9 Å². The normalized spacial score (nSPS) is 12.0. The third-order valence-electron chi connectivity index (χ3n) is 3.58. The summed E-state index contributed by atoms with van der Waals surface area (Å²) in [7, 11) is 0. The zero-order chi connectivity index (χ0) is 15.4. The molecule has 2 nitrogen and oxygen atoms in total. The van der Waals surface area contributed by atoms with Gasteiger partial charge in [0, 0.05) is 10.7 Å². The lowest BCUT2D eigenvalue weighted by atomic mass is 10.1. The molecule has 112 valence electrons. The molecule has 0 aliphatic rings. The highest BCUT2D eigenvalue weighted by Crippen LogP contribution is 2.25. The molecule has 0 aromatic heterocycles. The molecular formula is C18H22ClNO. The molecule has 0 bridgehead atoms. The van der Waals surface area contributed by atoms with Crippen LogP contribution in [-0.2, 0) is 0 Å². The number of nitrogens with one attached hydrogen (secondary N) is 1. The van der Waals surface area contributed by atoms with Crippen LogP contribution in [0.3, 0.4) is 0 Å². The maximum Gasteiger partial charge on any atom is 0.125 e. The van der Waals surface area contributed by atoms with Gasteiger partial charge in [-0.05, 0) is 56.5 Å². The zero-order valence-electron chi connectivity index (χ0n) is 13.0. The largest absolute Gasteiger partial charge is 0.488 e. The van der Waals surface area contributed by atoms with Gasteiger partial charge in [-0.2, -0.15) is 0 Å². The van der Waals surface area contributed by atoms with Crippen molar-refractivity contribution in [1.29, 1.82) is 0 Å². The Morgan fingerprint density at radius 2 is 1.67 bits per heavy atom. The van der Waals surface area contributed by atoms with Crippen LogP contribution in [0.15, 0.2) is 36.4 Å². The van der Waals surface area contributed by atoms with Crippen molar-refractivity contribution in [2.45, 2.75) is 33.8 Å². The first-order valence-corrected chi connectivity index (χ1v) is 7.58. The molecule has 0 radical (unpaired) electrons. The smallest absolute Gasteiger partial charge is 0.125 e. The minimum absolute atomic E-state index is 0.0724. The Balaban J connectivity index is 1.99. The van der Waals surface area contributed by atoms with E-state index in [0.29, 0.717) is 0 Å². The average Bonchev–Trinajstić information content (AvgIpc) is 2.45. The molecule has 0 fully saturated rings. The molecule has 0 aliphatic heterocycles. The molecule has 21 heavy (non-hydrogen) atoms. The number of aryl methyl sites for hydroxylation is 2. The van der Waals surface area contributed by atoms with E-state index in [9.17, 15) is 0 Å². The summed E-state index contributed by atoms with van der Waals surface area (Å²) >= 11 is 6.13. The van der Waals surface area contributed by atoms with E-state index in [2.05, 4.69) is 44.3 Å². The van der Waals surface area contributed by atoms with Crippen molar-refractivity contribution >= 4 is 17.3 Å². The monoisotopic (exact) mass is 303 g/mol. The van der Waals surface area contributed by atoms with Crippen LogP contribution >= 0.6 is 11.6 Å². The van der Waals surface area contributed by atoms with Gasteiger partial charge < -0.3 is 10.1 Å². The van der Waals surface area contributed by atoms with Crippen LogP contribution in [0, 0.1) is 20.8 Å². The van der Waals surface area contributed by atoms with Gasteiger partial charge in [-0.15, -0.1) is 0 Å². The standard InChI is InChI=1S/C18H22ClNO/c1-12-7-5-8-13(2)18(12)21-14(3)11-20-17-10-6-9-16(19)15(17)4/h5-10,14,20H,11H2,1-4H3. The van der Waals surface area contributed by atoms with Crippen LogP contribution in [0.1, 0.15) is 23.6 Å². The fraction of sp³-hybridized carbons (Fsp3) is 0.333. The maximum absolute atomic E-state index is 6.13. The van der Waals surface area contributed by atoms with Crippen LogP contribution in [0.4, 0.5) is 5.69 Å². The second-order valence-corrected chi connectivity index (χ2v) is 5.85. The summed E-state index contributed by atoms with van der Waals surface area (Å²) in [6.45, 7) is 8.96. The molecule has 0 aliphatic carbocycles. The van der Waals surface area contributed by atoms with E-state index in [1.807, 2.05) is 25.1 Å². The SMILES string of the molecule is Cc1cccc(C)c1OC(C)CNc1cccc(Cl)c1C. The molecule has 3 heteroatoms. The number of anilines is 1. The first kappa shape index (κ1) is 15.7. The summed E-state index contributed by atoms with van der Waals surface area (Å²) in [6, 6.07) is 12.1. The summed E-state index contributed by atoms with van der Waals surface area (Å²) in [6.07, 6.45) is 0.0724. The quantitative estimate of drug-likeness (QED) is 0.825. The van der Waals surface area contributed by atoms with Gasteiger partial charge in [-0.3, -0.25) is 0 Å². The van der Waals surface area contributed by atoms with Crippen LogP contribution in [0.25, 0.3) is 0 Å². The van der Waals surface area contributed by atoms with E-state index < -0.39 is 0 Å². The van der Waals surface area contributed by atoms with Crippen LogP contribution in [0.2, 0.25) is 5.02 Å². The van der Waals surface area contributed by atoms with E-state index >= 15 is 0 Å². The van der Waals surface area contributed by atoms with Gasteiger partial charge >= 0.3 is 0 Å². The van der Waals surface area contributed by atoms with Crippen molar-refractivity contribution in [3.8, 4) is 5.75 Å². The first-order valence-electron chi connectivity index (χ1n) is 7.21. The fourth-order valence-electron chi connectivity index (χ4n) is 2.28. The number of halogens is 1. The number of benzene rings is 2. The van der Waals surface area contributed by atoms with Crippen molar-refractivity contribution in [2.24, 2.45) is 0 Å². The molecular weight excluding hydrogens is 282 g/mol. The Morgan fingerprint density at radius 3 is 2.33 bits per heavy atom. The number of para-hydroxylation sites is 1. The zero-order valence-corrected chi connectivity index (χ0v) is 13.8. The van der Waals surface area contributed by atoms with Crippen LogP contribution in [-0.4, -0.2) is 12.6 Å². The minimum atomic E-state index is 0.0724. The number of hydrogen-bond acceptors (Lipinski definition) is 2. The molecule has 0 spiro atoms. The molecule has 0 saturated heterocycles. The lowest BCUT2D eigenvalue weighted by Crippen LogP contribution is -2.23. The van der Waals surface area contributed by atoms with E-state index in [-0.39, 0.29) is 6.10 Å². The Labute approximate surface area is 132 Å². The van der Waals surface area contributed by atoms with Crippen molar-refractivity contribution in [1.82, 2.24) is 0 Å². The summed E-state index contributed by atoms with van der Waals surface area (Å²) in [5.74, 6) is 0.981. The van der Waals surface area contributed by atoms with Gasteiger partial charge in [0.1, 0.15) is 11.9 Å². The Kier molecular flexibility index (Phi) is 5.13. The third-order valence-corrected chi connectivity index (χ3v) is 3.98. The van der Waals surface area contributed by atoms with Gasteiger partial charge in [-0.25, -0.2) is 0 Å². The van der Waals surface area contributed by atoms with E-state index in [0.717, 1.165) is 28.6 Å². The predicted molar refractivity (Wildman–Crippen MR) is 90.7 cm³/mol. The first-order chi connectivity index (χ1) is 9.99. The van der Waals surface area contributed by atoms with Crippen LogP contribution in [0.5, 0.6) is 5.75 Å². The number of rotatable bonds is 5. The molecule has 2 rings (SSSR count). The van der Waals surface area contributed by atoms with E-state index in [1.165, 1.54) is 11.1 Å². The highest BCUT2D eigenvalue weighted by molar-refractivity contribution is 6.31. The summed E-state index contributed by atoms with van der Waals surface area (Å²) < 4.78 is 6.07. The number of hydrogen-bond donors (Lipinski definition) is 1. The minimum Gasteiger partial charge on any atom is -0.488 e. The molecule has 0 amide bonds. The van der Waals surface area contributed by atoms with Gasteiger partial charge in [0.2, 0.25) is 0 Å². The van der Waals surface area contributed by atoms with Crippen LogP contribution < -0.4 is 10.1 Å². The Bertz CT molecular complexity index is 604. The molecule has 0 saturated carbocycles.